The van der Waals surface area contributed by atoms with Gasteiger partial charge in [-0.05, 0) is 31.6 Å². The standard InChI is InChI=1S/C17H22N4O3S2.CH2O2/c1-19(2)14-10-26(23,24)16-9-21(8-11(14)16)17(22)13-7-12(18-20(13)3)15-5-4-6-25-15;2-1-3/h4-7,11,14,16H,8-10H2,1-3H3;1H,(H,2,3)/t11-,14+,16-;/m0./s1. The number of hydrogen-bond acceptors (Lipinski definition) is 7. The molecule has 2 fully saturated rings. The van der Waals surface area contributed by atoms with Crippen LogP contribution in [-0.2, 0) is 21.7 Å². The summed E-state index contributed by atoms with van der Waals surface area (Å²) >= 11 is 1.57. The molecule has 4 rings (SSSR count). The average molecular weight is 441 g/mol. The normalized spacial score (nSPS) is 24.8. The van der Waals surface area contributed by atoms with Gasteiger partial charge in [-0.2, -0.15) is 5.10 Å². The molecule has 3 atom stereocenters. The summed E-state index contributed by atoms with van der Waals surface area (Å²) in [5.74, 6) is 0.0138. The van der Waals surface area contributed by atoms with Crippen LogP contribution in [0.25, 0.3) is 10.6 Å². The van der Waals surface area contributed by atoms with E-state index in [9.17, 15) is 13.2 Å². The van der Waals surface area contributed by atoms with Crippen molar-refractivity contribution < 1.29 is 23.1 Å². The number of thiophene rings is 1. The van der Waals surface area contributed by atoms with Crippen molar-refractivity contribution in [3.05, 3.63) is 29.3 Å². The van der Waals surface area contributed by atoms with Crippen LogP contribution in [-0.4, -0.2) is 89.7 Å². The second-order valence-corrected chi connectivity index (χ2v) is 10.6. The molecule has 0 spiro atoms. The van der Waals surface area contributed by atoms with Crippen LogP contribution in [0.4, 0.5) is 0 Å². The van der Waals surface area contributed by atoms with Gasteiger partial charge in [0.2, 0.25) is 0 Å². The monoisotopic (exact) mass is 440 g/mol. The molecule has 0 aliphatic carbocycles. The van der Waals surface area contributed by atoms with E-state index in [1.807, 2.05) is 36.5 Å². The van der Waals surface area contributed by atoms with Crippen molar-refractivity contribution in [3.63, 3.8) is 0 Å². The van der Waals surface area contributed by atoms with Gasteiger partial charge < -0.3 is 14.9 Å². The highest BCUT2D eigenvalue weighted by Gasteiger charge is 2.53. The molecule has 0 unspecified atom stereocenters. The van der Waals surface area contributed by atoms with Gasteiger partial charge >= 0.3 is 0 Å². The molecule has 11 heteroatoms. The minimum absolute atomic E-state index is 0.0241. The number of amides is 1. The second-order valence-electron chi connectivity index (χ2n) is 7.39. The quantitative estimate of drug-likeness (QED) is 0.697. The number of rotatable bonds is 3. The van der Waals surface area contributed by atoms with Crippen molar-refractivity contribution in [2.45, 2.75) is 11.3 Å². The lowest BCUT2D eigenvalue weighted by atomic mass is 10.00. The molecule has 1 N–H and O–H groups in total. The minimum atomic E-state index is -3.16. The zero-order valence-corrected chi connectivity index (χ0v) is 18.1. The maximum absolute atomic E-state index is 13.0. The first-order valence-corrected chi connectivity index (χ1v) is 11.6. The van der Waals surface area contributed by atoms with E-state index in [1.54, 1.807) is 34.0 Å². The summed E-state index contributed by atoms with van der Waals surface area (Å²) in [6.45, 7) is 0.501. The summed E-state index contributed by atoms with van der Waals surface area (Å²) < 4.78 is 26.6. The topological polar surface area (TPSA) is 113 Å². The first kappa shape index (κ1) is 21.5. The summed E-state index contributed by atoms with van der Waals surface area (Å²) in [6.07, 6.45) is 0. The Balaban J connectivity index is 0.000000755. The minimum Gasteiger partial charge on any atom is -0.483 e. The number of carboxylic acid groups (broad SMARTS) is 1. The molecule has 0 radical (unpaired) electrons. The zero-order valence-electron chi connectivity index (χ0n) is 16.4. The summed E-state index contributed by atoms with van der Waals surface area (Å²) in [5, 5.41) is 12.8. The highest BCUT2D eigenvalue weighted by Crippen LogP contribution is 2.36. The summed E-state index contributed by atoms with van der Waals surface area (Å²) in [5.41, 5.74) is 1.26. The Kier molecular flexibility index (Phi) is 6.11. The van der Waals surface area contributed by atoms with Crippen LogP contribution in [0.2, 0.25) is 0 Å². The largest absolute Gasteiger partial charge is 0.483 e. The van der Waals surface area contributed by atoms with E-state index in [2.05, 4.69) is 5.10 Å². The number of fused-ring (bicyclic) bond motifs is 1. The lowest BCUT2D eigenvalue weighted by Gasteiger charge is -2.25. The number of likely N-dealkylation sites (tertiary alicyclic amines) is 1. The van der Waals surface area contributed by atoms with Crippen LogP contribution < -0.4 is 0 Å². The molecular formula is C18H24N4O5S2. The number of carbonyl (C=O) groups excluding carboxylic acids is 1. The fraction of sp³-hybridized carbons (Fsp3) is 0.500. The third-order valence-corrected chi connectivity index (χ3v) is 8.61. The molecule has 29 heavy (non-hydrogen) atoms. The Morgan fingerprint density at radius 3 is 2.66 bits per heavy atom. The van der Waals surface area contributed by atoms with E-state index in [1.165, 1.54) is 0 Å². The van der Waals surface area contributed by atoms with Crippen LogP contribution >= 0.6 is 11.3 Å². The van der Waals surface area contributed by atoms with Gasteiger partial charge in [0.15, 0.2) is 9.84 Å². The predicted octanol–water partition coefficient (Wildman–Crippen LogP) is 0.649. The third kappa shape index (κ3) is 4.07. The van der Waals surface area contributed by atoms with E-state index < -0.39 is 15.1 Å². The molecule has 4 heterocycles. The van der Waals surface area contributed by atoms with Gasteiger partial charge in [-0.3, -0.25) is 14.3 Å². The van der Waals surface area contributed by atoms with Crippen molar-refractivity contribution in [2.24, 2.45) is 13.0 Å². The lowest BCUT2D eigenvalue weighted by molar-refractivity contribution is -0.122. The Morgan fingerprint density at radius 1 is 1.38 bits per heavy atom. The first-order chi connectivity index (χ1) is 13.7. The third-order valence-electron chi connectivity index (χ3n) is 5.49. The van der Waals surface area contributed by atoms with Gasteiger partial charge in [-0.1, -0.05) is 6.07 Å². The summed E-state index contributed by atoms with van der Waals surface area (Å²) in [4.78, 5) is 26.0. The molecule has 2 aromatic rings. The average Bonchev–Trinajstić information content (AvgIpc) is 3.40. The van der Waals surface area contributed by atoms with Crippen LogP contribution in [0.15, 0.2) is 23.6 Å². The highest BCUT2D eigenvalue weighted by molar-refractivity contribution is 7.92. The molecule has 0 saturated carbocycles. The molecule has 2 aliphatic rings. The van der Waals surface area contributed by atoms with E-state index in [0.29, 0.717) is 12.2 Å². The molecule has 2 aliphatic heterocycles. The molecule has 9 nitrogen and oxygen atoms in total. The van der Waals surface area contributed by atoms with Crippen LogP contribution in [0.3, 0.4) is 0 Å². The fourth-order valence-corrected chi connectivity index (χ4v) is 7.26. The maximum Gasteiger partial charge on any atom is 0.290 e. The fourth-order valence-electron chi connectivity index (χ4n) is 4.11. The van der Waals surface area contributed by atoms with E-state index in [4.69, 9.17) is 9.90 Å². The van der Waals surface area contributed by atoms with Crippen molar-refractivity contribution in [3.8, 4) is 10.6 Å². The van der Waals surface area contributed by atoms with Crippen LogP contribution in [0, 0.1) is 5.92 Å². The van der Waals surface area contributed by atoms with Crippen molar-refractivity contribution >= 4 is 33.6 Å². The number of aryl methyl sites for hydroxylation is 1. The van der Waals surface area contributed by atoms with E-state index in [-0.39, 0.29) is 36.6 Å². The van der Waals surface area contributed by atoms with Gasteiger partial charge in [0.1, 0.15) is 11.4 Å². The van der Waals surface area contributed by atoms with Crippen LogP contribution in [0.5, 0.6) is 0 Å². The Morgan fingerprint density at radius 2 is 2.07 bits per heavy atom. The lowest BCUT2D eigenvalue weighted by Crippen LogP contribution is -2.39. The number of nitrogens with zero attached hydrogens (tertiary/aromatic N) is 4. The Labute approximate surface area is 173 Å². The Hall–Kier alpha value is -2.24. The molecule has 0 bridgehead atoms. The molecule has 2 saturated heterocycles. The van der Waals surface area contributed by atoms with E-state index in [0.717, 1.165) is 10.6 Å². The zero-order chi connectivity index (χ0) is 21.3. The smallest absolute Gasteiger partial charge is 0.290 e. The summed E-state index contributed by atoms with van der Waals surface area (Å²) in [7, 11) is 2.40. The molecule has 158 valence electrons. The van der Waals surface area contributed by atoms with Gasteiger partial charge in [-0.25, -0.2) is 8.42 Å². The first-order valence-electron chi connectivity index (χ1n) is 9.02. The second kappa shape index (κ2) is 8.25. The van der Waals surface area contributed by atoms with E-state index >= 15 is 0 Å². The van der Waals surface area contributed by atoms with Gasteiger partial charge in [0.05, 0.1) is 15.9 Å². The van der Waals surface area contributed by atoms with Crippen molar-refractivity contribution in [1.82, 2.24) is 19.6 Å². The van der Waals surface area contributed by atoms with Gasteiger partial charge in [0, 0.05) is 32.1 Å². The SMILES string of the molecule is CN(C)[C@@H]1CS(=O)(=O)[C@H]2CN(C(=O)c3cc(-c4cccs4)nn3C)C[C@@H]12.O=CO. The van der Waals surface area contributed by atoms with Crippen molar-refractivity contribution in [1.29, 1.82) is 0 Å². The predicted molar refractivity (Wildman–Crippen MR) is 110 cm³/mol. The number of sulfone groups is 1. The van der Waals surface area contributed by atoms with Gasteiger partial charge in [0.25, 0.3) is 12.4 Å². The molecule has 1 amide bonds. The maximum atomic E-state index is 13.0. The molecule has 2 aromatic heterocycles. The number of carbonyl (C=O) groups is 2. The number of aromatic nitrogens is 2. The number of hydrogen-bond donors (Lipinski definition) is 1. The van der Waals surface area contributed by atoms with Crippen molar-refractivity contribution in [2.75, 3.05) is 32.9 Å². The van der Waals surface area contributed by atoms with Gasteiger partial charge in [-0.15, -0.1) is 11.3 Å². The molecular weight excluding hydrogens is 416 g/mol. The molecule has 0 aromatic carbocycles. The Bertz CT molecular complexity index is 984. The van der Waals surface area contributed by atoms with Crippen LogP contribution in [0.1, 0.15) is 10.5 Å². The highest BCUT2D eigenvalue weighted by atomic mass is 32.2. The summed E-state index contributed by atoms with van der Waals surface area (Å²) in [6, 6.07) is 5.68.